The first-order chi connectivity index (χ1) is 7.64. The molecule has 0 amide bonds. The van der Waals surface area contributed by atoms with Gasteiger partial charge in [0.1, 0.15) is 5.76 Å². The van der Waals surface area contributed by atoms with Gasteiger partial charge in [-0.15, -0.1) is 6.42 Å². The molecule has 0 aromatic carbocycles. The Morgan fingerprint density at radius 3 is 3.00 bits per heavy atom. The van der Waals surface area contributed by atoms with Gasteiger partial charge in [0.2, 0.25) is 0 Å². The van der Waals surface area contributed by atoms with Gasteiger partial charge in [0.25, 0.3) is 0 Å². The fourth-order valence-electron chi connectivity index (χ4n) is 2.81. The van der Waals surface area contributed by atoms with E-state index in [1.807, 2.05) is 0 Å². The highest BCUT2D eigenvalue weighted by atomic mass is 16.5. The number of ether oxygens (including phenoxy) is 2. The number of methoxy groups -OCH3 is 1. The van der Waals surface area contributed by atoms with Gasteiger partial charge in [-0.05, 0) is 26.2 Å². The third kappa shape index (κ3) is 1.41. The fourth-order valence-corrected chi connectivity index (χ4v) is 2.81. The van der Waals surface area contributed by atoms with Crippen molar-refractivity contribution in [3.63, 3.8) is 0 Å². The van der Waals surface area contributed by atoms with Crippen molar-refractivity contribution in [3.8, 4) is 12.3 Å². The maximum atomic E-state index is 11.7. The summed E-state index contributed by atoms with van der Waals surface area (Å²) in [5.41, 5.74) is 0.0476. The van der Waals surface area contributed by atoms with Gasteiger partial charge in [-0.1, -0.05) is 12.3 Å². The minimum atomic E-state index is -0.591. The highest BCUT2D eigenvalue weighted by Gasteiger charge is 2.51. The van der Waals surface area contributed by atoms with Crippen molar-refractivity contribution in [1.82, 2.24) is 0 Å². The van der Waals surface area contributed by atoms with Crippen LogP contribution in [0.1, 0.15) is 32.6 Å². The van der Waals surface area contributed by atoms with Crippen LogP contribution in [0.2, 0.25) is 0 Å². The Morgan fingerprint density at radius 1 is 1.62 bits per heavy atom. The lowest BCUT2D eigenvalue weighted by molar-refractivity contribution is -0.137. The van der Waals surface area contributed by atoms with Crippen LogP contribution in [0, 0.1) is 18.3 Å². The molecule has 2 atom stereocenters. The summed E-state index contributed by atoms with van der Waals surface area (Å²) in [5.74, 6) is 3.09. The van der Waals surface area contributed by atoms with Crippen LogP contribution >= 0.6 is 0 Å². The molecule has 16 heavy (non-hydrogen) atoms. The topological polar surface area (TPSA) is 35.5 Å². The van der Waals surface area contributed by atoms with E-state index < -0.39 is 5.60 Å². The number of carbonyl (C=O) groups excluding carboxylic acids is 1. The Labute approximate surface area is 95.8 Å². The zero-order valence-corrected chi connectivity index (χ0v) is 9.71. The molecule has 1 fully saturated rings. The van der Waals surface area contributed by atoms with E-state index in [2.05, 4.69) is 5.92 Å². The van der Waals surface area contributed by atoms with E-state index in [0.29, 0.717) is 11.3 Å². The van der Waals surface area contributed by atoms with E-state index in [-0.39, 0.29) is 11.9 Å². The predicted octanol–water partition coefficient (Wildman–Crippen LogP) is 2.03. The fraction of sp³-hybridized carbons (Fsp3) is 0.615. The van der Waals surface area contributed by atoms with Crippen molar-refractivity contribution in [1.29, 1.82) is 0 Å². The molecule has 1 heterocycles. The molecule has 3 nitrogen and oxygen atoms in total. The summed E-state index contributed by atoms with van der Waals surface area (Å²) in [5, 5.41) is 0. The average Bonchev–Trinajstić information content (AvgIpc) is 2.61. The van der Waals surface area contributed by atoms with Crippen molar-refractivity contribution in [2.75, 3.05) is 7.11 Å². The van der Waals surface area contributed by atoms with Gasteiger partial charge >= 0.3 is 5.97 Å². The van der Waals surface area contributed by atoms with E-state index in [1.165, 1.54) is 7.11 Å². The Bertz CT molecular complexity index is 388. The highest BCUT2D eigenvalue weighted by Crippen LogP contribution is 2.48. The van der Waals surface area contributed by atoms with E-state index in [9.17, 15) is 4.79 Å². The normalized spacial score (nSPS) is 32.7. The number of rotatable bonds is 1. The maximum absolute atomic E-state index is 11.7. The Morgan fingerprint density at radius 2 is 2.38 bits per heavy atom. The molecule has 0 unspecified atom stereocenters. The lowest BCUT2D eigenvalue weighted by Crippen LogP contribution is -2.39. The number of esters is 1. The summed E-state index contributed by atoms with van der Waals surface area (Å²) in [4.78, 5) is 11.7. The van der Waals surface area contributed by atoms with E-state index >= 15 is 0 Å². The highest BCUT2D eigenvalue weighted by molar-refractivity contribution is 5.90. The zero-order valence-electron chi connectivity index (χ0n) is 9.71. The van der Waals surface area contributed by atoms with E-state index in [1.54, 1.807) is 6.92 Å². The molecule has 86 valence electrons. The molecule has 0 bridgehead atoms. The second kappa shape index (κ2) is 3.86. The monoisotopic (exact) mass is 220 g/mol. The first-order valence-electron chi connectivity index (χ1n) is 5.60. The summed E-state index contributed by atoms with van der Waals surface area (Å²) in [7, 11) is 1.39. The minimum absolute atomic E-state index is 0.0127. The molecule has 0 aromatic heterocycles. The van der Waals surface area contributed by atoms with Gasteiger partial charge in [0.05, 0.1) is 12.7 Å². The summed E-state index contributed by atoms with van der Waals surface area (Å²) >= 11 is 0. The molecule has 1 aliphatic carbocycles. The largest absolute Gasteiger partial charge is 0.478 e. The smallest absolute Gasteiger partial charge is 0.337 e. The molecule has 0 N–H and O–H groups in total. The molecule has 3 heteroatoms. The summed E-state index contributed by atoms with van der Waals surface area (Å²) in [6, 6.07) is 0. The van der Waals surface area contributed by atoms with Gasteiger partial charge in [0.15, 0.2) is 5.60 Å². The lowest BCUT2D eigenvalue weighted by Gasteiger charge is -2.34. The molecule has 0 spiro atoms. The third-order valence-corrected chi connectivity index (χ3v) is 3.57. The number of allylic oxidation sites excluding steroid dienone is 1. The quantitative estimate of drug-likeness (QED) is 0.501. The van der Waals surface area contributed by atoms with E-state index in [4.69, 9.17) is 15.9 Å². The summed E-state index contributed by atoms with van der Waals surface area (Å²) in [6.07, 6.45) is 9.47. The van der Waals surface area contributed by atoms with Crippen molar-refractivity contribution < 1.29 is 14.3 Å². The number of hydrogen-bond acceptors (Lipinski definition) is 3. The van der Waals surface area contributed by atoms with Gasteiger partial charge in [-0.3, -0.25) is 0 Å². The SMILES string of the molecule is C#C[C@@]12CCCC[C@@H]1C(C(=O)OC)=C(C)O2. The molecule has 2 rings (SSSR count). The Kier molecular flexibility index (Phi) is 2.67. The Balaban J connectivity index is 2.37. The van der Waals surface area contributed by atoms with Gasteiger partial charge in [0, 0.05) is 5.92 Å². The molecule has 1 aliphatic heterocycles. The molecule has 1 saturated carbocycles. The third-order valence-electron chi connectivity index (χ3n) is 3.57. The van der Waals surface area contributed by atoms with Crippen LogP contribution in [0.15, 0.2) is 11.3 Å². The van der Waals surface area contributed by atoms with Crippen LogP contribution in [0.3, 0.4) is 0 Å². The lowest BCUT2D eigenvalue weighted by atomic mass is 9.73. The van der Waals surface area contributed by atoms with Crippen LogP contribution in [-0.4, -0.2) is 18.7 Å². The number of hydrogen-bond donors (Lipinski definition) is 0. The molecular formula is C13H16O3. The predicted molar refractivity (Wildman–Crippen MR) is 59.3 cm³/mol. The first-order valence-corrected chi connectivity index (χ1v) is 5.60. The molecule has 2 aliphatic rings. The molecule has 0 saturated heterocycles. The standard InChI is InChI=1S/C13H16O3/c1-4-13-8-6-5-7-10(13)11(9(2)16-13)12(14)15-3/h1,10H,5-8H2,2-3H3/t10-,13-/m1/s1. The van der Waals surface area contributed by atoms with Gasteiger partial charge < -0.3 is 9.47 Å². The van der Waals surface area contributed by atoms with Gasteiger partial charge in [-0.25, -0.2) is 4.79 Å². The Hall–Kier alpha value is -1.43. The zero-order chi connectivity index (χ0) is 11.8. The number of fused-ring (bicyclic) bond motifs is 1. The van der Waals surface area contributed by atoms with Crippen molar-refractivity contribution in [2.24, 2.45) is 5.92 Å². The minimum Gasteiger partial charge on any atom is -0.478 e. The second-order valence-electron chi connectivity index (χ2n) is 4.40. The molecular weight excluding hydrogens is 204 g/mol. The van der Waals surface area contributed by atoms with Crippen molar-refractivity contribution in [2.45, 2.75) is 38.2 Å². The second-order valence-corrected chi connectivity index (χ2v) is 4.40. The number of carbonyl (C=O) groups is 1. The molecule has 0 aromatic rings. The average molecular weight is 220 g/mol. The van der Waals surface area contributed by atoms with Crippen LogP contribution in [0.4, 0.5) is 0 Å². The van der Waals surface area contributed by atoms with Crippen LogP contribution in [0.5, 0.6) is 0 Å². The summed E-state index contributed by atoms with van der Waals surface area (Å²) < 4.78 is 10.6. The van der Waals surface area contributed by atoms with Crippen LogP contribution in [0.25, 0.3) is 0 Å². The van der Waals surface area contributed by atoms with Crippen molar-refractivity contribution >= 4 is 5.97 Å². The molecule has 0 radical (unpaired) electrons. The maximum Gasteiger partial charge on any atom is 0.337 e. The van der Waals surface area contributed by atoms with E-state index in [0.717, 1.165) is 25.7 Å². The summed E-state index contributed by atoms with van der Waals surface area (Å²) in [6.45, 7) is 1.80. The van der Waals surface area contributed by atoms with Crippen molar-refractivity contribution in [3.05, 3.63) is 11.3 Å². The first kappa shape index (κ1) is 11.1. The van der Waals surface area contributed by atoms with Gasteiger partial charge in [-0.2, -0.15) is 0 Å². The van der Waals surface area contributed by atoms with Crippen LogP contribution < -0.4 is 0 Å². The number of terminal acetylenes is 1. The van der Waals surface area contributed by atoms with Crippen LogP contribution in [-0.2, 0) is 14.3 Å².